The van der Waals surface area contributed by atoms with Gasteiger partial charge in [-0.2, -0.15) is 0 Å². The molecule has 0 radical (unpaired) electrons. The van der Waals surface area contributed by atoms with Crippen LogP contribution < -0.4 is 5.32 Å². The summed E-state index contributed by atoms with van der Waals surface area (Å²) in [6.45, 7) is 6.09. The van der Waals surface area contributed by atoms with Crippen LogP contribution in [0, 0.1) is 11.3 Å². The van der Waals surface area contributed by atoms with E-state index < -0.39 is 0 Å². The summed E-state index contributed by atoms with van der Waals surface area (Å²) >= 11 is 0. The third-order valence-corrected chi connectivity index (χ3v) is 5.48. The summed E-state index contributed by atoms with van der Waals surface area (Å²) in [4.78, 5) is 0. The highest BCUT2D eigenvalue weighted by atomic mass is 14.9. The van der Waals surface area contributed by atoms with Gasteiger partial charge in [-0.05, 0) is 50.0 Å². The lowest BCUT2D eigenvalue weighted by molar-refractivity contribution is 0.147. The van der Waals surface area contributed by atoms with Gasteiger partial charge in [-0.15, -0.1) is 0 Å². The zero-order valence-corrected chi connectivity index (χ0v) is 12.6. The first-order valence-electron chi connectivity index (χ1n) is 8.49. The maximum absolute atomic E-state index is 3.95. The van der Waals surface area contributed by atoms with Gasteiger partial charge in [-0.3, -0.25) is 0 Å². The van der Waals surface area contributed by atoms with Crippen molar-refractivity contribution in [3.63, 3.8) is 0 Å². The molecule has 0 amide bonds. The fraction of sp³-hybridized carbons (Fsp3) is 1.00. The molecule has 0 spiro atoms. The quantitative estimate of drug-likeness (QED) is 0.685. The lowest BCUT2D eigenvalue weighted by Crippen LogP contribution is -2.47. The first-order chi connectivity index (χ1) is 8.76. The molecule has 106 valence electrons. The Kier molecular flexibility index (Phi) is 5.54. The minimum Gasteiger partial charge on any atom is -0.313 e. The highest BCUT2D eigenvalue weighted by Gasteiger charge is 2.40. The van der Waals surface area contributed by atoms with Crippen molar-refractivity contribution >= 4 is 0 Å². The van der Waals surface area contributed by atoms with Crippen LogP contribution in [0.3, 0.4) is 0 Å². The Balaban J connectivity index is 2.02. The lowest BCUT2D eigenvalue weighted by Gasteiger charge is -2.40. The fourth-order valence-corrected chi connectivity index (χ4v) is 4.42. The molecule has 1 nitrogen and oxygen atoms in total. The number of rotatable bonds is 5. The zero-order chi connectivity index (χ0) is 12.8. The van der Waals surface area contributed by atoms with Crippen molar-refractivity contribution in [1.29, 1.82) is 0 Å². The summed E-state index contributed by atoms with van der Waals surface area (Å²) in [7, 11) is 0. The van der Waals surface area contributed by atoms with Gasteiger partial charge in [0.15, 0.2) is 0 Å². The van der Waals surface area contributed by atoms with E-state index >= 15 is 0 Å². The van der Waals surface area contributed by atoms with Crippen LogP contribution >= 0.6 is 0 Å². The summed E-state index contributed by atoms with van der Waals surface area (Å²) < 4.78 is 0. The Bertz CT molecular complexity index is 222. The van der Waals surface area contributed by atoms with Crippen LogP contribution in [-0.4, -0.2) is 12.6 Å². The Labute approximate surface area is 114 Å². The first-order valence-corrected chi connectivity index (χ1v) is 8.49. The molecule has 0 aromatic heterocycles. The largest absolute Gasteiger partial charge is 0.313 e. The molecule has 0 bridgehead atoms. The van der Waals surface area contributed by atoms with Crippen LogP contribution in [0.4, 0.5) is 0 Å². The molecule has 1 heteroatoms. The minimum absolute atomic E-state index is 0.601. The average Bonchev–Trinajstić information content (AvgIpc) is 2.65. The molecule has 0 aliphatic heterocycles. The van der Waals surface area contributed by atoms with E-state index in [1.807, 2.05) is 0 Å². The molecule has 0 saturated heterocycles. The predicted molar refractivity (Wildman–Crippen MR) is 79.8 cm³/mol. The van der Waals surface area contributed by atoms with Crippen molar-refractivity contribution in [2.75, 3.05) is 6.54 Å². The predicted octanol–water partition coefficient (Wildman–Crippen LogP) is 4.91. The molecule has 2 fully saturated rings. The number of hydrogen-bond donors (Lipinski definition) is 1. The van der Waals surface area contributed by atoms with Crippen molar-refractivity contribution in [3.05, 3.63) is 0 Å². The Hall–Kier alpha value is -0.0400. The van der Waals surface area contributed by atoms with E-state index in [1.165, 1.54) is 77.2 Å². The summed E-state index contributed by atoms with van der Waals surface area (Å²) in [5, 5.41) is 3.95. The molecular formula is C17H33N. The van der Waals surface area contributed by atoms with E-state index in [2.05, 4.69) is 19.2 Å². The van der Waals surface area contributed by atoms with E-state index in [1.54, 1.807) is 0 Å². The number of nitrogens with one attached hydrogen (secondary N) is 1. The zero-order valence-electron chi connectivity index (χ0n) is 12.6. The SMILES string of the molecule is CCCNC(C1CCCCCC1)C1(C)CCCC1. The third kappa shape index (κ3) is 3.50. The van der Waals surface area contributed by atoms with Gasteiger partial charge in [0, 0.05) is 6.04 Å². The van der Waals surface area contributed by atoms with Crippen molar-refractivity contribution in [2.24, 2.45) is 11.3 Å². The van der Waals surface area contributed by atoms with Gasteiger partial charge < -0.3 is 5.32 Å². The van der Waals surface area contributed by atoms with E-state index in [-0.39, 0.29) is 0 Å². The van der Waals surface area contributed by atoms with Gasteiger partial charge >= 0.3 is 0 Å². The van der Waals surface area contributed by atoms with Gasteiger partial charge in [-0.1, -0.05) is 52.4 Å². The van der Waals surface area contributed by atoms with E-state index in [4.69, 9.17) is 0 Å². The smallest absolute Gasteiger partial charge is 0.0149 e. The Morgan fingerprint density at radius 3 is 2.17 bits per heavy atom. The highest BCUT2D eigenvalue weighted by Crippen LogP contribution is 2.45. The van der Waals surface area contributed by atoms with Crippen molar-refractivity contribution in [2.45, 2.75) is 90.5 Å². The molecule has 2 rings (SSSR count). The average molecular weight is 251 g/mol. The third-order valence-electron chi connectivity index (χ3n) is 5.48. The molecular weight excluding hydrogens is 218 g/mol. The van der Waals surface area contributed by atoms with Gasteiger partial charge in [0.2, 0.25) is 0 Å². The van der Waals surface area contributed by atoms with Gasteiger partial charge in [0.1, 0.15) is 0 Å². The van der Waals surface area contributed by atoms with Gasteiger partial charge in [-0.25, -0.2) is 0 Å². The van der Waals surface area contributed by atoms with Crippen LogP contribution in [0.15, 0.2) is 0 Å². The van der Waals surface area contributed by atoms with Gasteiger partial charge in [0.05, 0.1) is 0 Å². The molecule has 1 N–H and O–H groups in total. The molecule has 0 aromatic rings. The molecule has 1 atom stereocenters. The van der Waals surface area contributed by atoms with E-state index in [0.717, 1.165) is 12.0 Å². The second-order valence-electron chi connectivity index (χ2n) is 7.04. The summed E-state index contributed by atoms with van der Waals surface area (Å²) in [5.41, 5.74) is 0.601. The molecule has 2 saturated carbocycles. The molecule has 18 heavy (non-hydrogen) atoms. The minimum atomic E-state index is 0.601. The summed E-state index contributed by atoms with van der Waals surface area (Å²) in [6, 6.07) is 0.804. The fourth-order valence-electron chi connectivity index (χ4n) is 4.42. The Morgan fingerprint density at radius 2 is 1.61 bits per heavy atom. The topological polar surface area (TPSA) is 12.0 Å². The van der Waals surface area contributed by atoms with Crippen LogP contribution in [0.2, 0.25) is 0 Å². The molecule has 1 unspecified atom stereocenters. The number of hydrogen-bond acceptors (Lipinski definition) is 1. The summed E-state index contributed by atoms with van der Waals surface area (Å²) in [6.07, 6.45) is 16.0. The maximum atomic E-state index is 3.95. The second-order valence-corrected chi connectivity index (χ2v) is 7.04. The molecule has 0 aromatic carbocycles. The maximum Gasteiger partial charge on any atom is 0.0149 e. The van der Waals surface area contributed by atoms with Gasteiger partial charge in [0.25, 0.3) is 0 Å². The van der Waals surface area contributed by atoms with Crippen LogP contribution in [0.1, 0.15) is 84.5 Å². The highest BCUT2D eigenvalue weighted by molar-refractivity contribution is 4.95. The standard InChI is InChI=1S/C17H33N/c1-3-14-18-16(17(2)12-8-9-13-17)15-10-6-4-5-7-11-15/h15-16,18H,3-14H2,1-2H3. The monoisotopic (exact) mass is 251 g/mol. The molecule has 2 aliphatic carbocycles. The van der Waals surface area contributed by atoms with Crippen LogP contribution in [0.5, 0.6) is 0 Å². The Morgan fingerprint density at radius 1 is 1.00 bits per heavy atom. The first kappa shape index (κ1) is 14.4. The lowest BCUT2D eigenvalue weighted by atomic mass is 9.72. The van der Waals surface area contributed by atoms with Crippen LogP contribution in [-0.2, 0) is 0 Å². The van der Waals surface area contributed by atoms with Crippen LogP contribution in [0.25, 0.3) is 0 Å². The molecule has 0 heterocycles. The van der Waals surface area contributed by atoms with E-state index in [9.17, 15) is 0 Å². The summed E-state index contributed by atoms with van der Waals surface area (Å²) in [5.74, 6) is 0.960. The van der Waals surface area contributed by atoms with Crippen molar-refractivity contribution < 1.29 is 0 Å². The normalized spacial score (nSPS) is 27.0. The van der Waals surface area contributed by atoms with Crippen molar-refractivity contribution in [1.82, 2.24) is 5.32 Å². The van der Waals surface area contributed by atoms with Crippen molar-refractivity contribution in [3.8, 4) is 0 Å². The second kappa shape index (κ2) is 6.93. The molecule has 2 aliphatic rings. The van der Waals surface area contributed by atoms with E-state index in [0.29, 0.717) is 5.41 Å².